The van der Waals surface area contributed by atoms with Gasteiger partial charge in [-0.2, -0.15) is 10.2 Å². The molecule has 3 rings (SSSR count). The number of hydrogen-bond donors (Lipinski definition) is 2. The maximum atomic E-state index is 12.1. The van der Waals surface area contributed by atoms with Crippen molar-refractivity contribution in [2.45, 2.75) is 32.8 Å². The minimum absolute atomic E-state index is 0.0981. The van der Waals surface area contributed by atoms with Crippen molar-refractivity contribution in [2.24, 2.45) is 5.10 Å². The number of carbonyl (C=O) groups is 1. The molecule has 1 aromatic heterocycles. The van der Waals surface area contributed by atoms with Crippen LogP contribution in [0.25, 0.3) is 0 Å². The SMILES string of the molecule is CC(C)(C)c1cc(C(=O)NN=Cc2ccc(OCc3ccccc3)cc2)n[nH]1. The molecule has 6 nitrogen and oxygen atoms in total. The number of aromatic amines is 1. The van der Waals surface area contributed by atoms with Crippen molar-refractivity contribution in [2.75, 3.05) is 0 Å². The monoisotopic (exact) mass is 376 g/mol. The summed E-state index contributed by atoms with van der Waals surface area (Å²) in [5.74, 6) is 0.419. The van der Waals surface area contributed by atoms with Crippen molar-refractivity contribution in [3.05, 3.63) is 83.2 Å². The summed E-state index contributed by atoms with van der Waals surface area (Å²) in [5, 5.41) is 10.9. The molecule has 6 heteroatoms. The Balaban J connectivity index is 1.51. The summed E-state index contributed by atoms with van der Waals surface area (Å²) in [6.07, 6.45) is 1.58. The number of amides is 1. The molecule has 0 unspecified atom stereocenters. The van der Waals surface area contributed by atoms with Crippen LogP contribution >= 0.6 is 0 Å². The van der Waals surface area contributed by atoms with Gasteiger partial charge in [0.15, 0.2) is 5.69 Å². The molecule has 0 saturated carbocycles. The lowest BCUT2D eigenvalue weighted by molar-refractivity contribution is 0.0950. The third kappa shape index (κ3) is 5.30. The van der Waals surface area contributed by atoms with Gasteiger partial charge in [0.05, 0.1) is 6.21 Å². The Labute approximate surface area is 164 Å². The van der Waals surface area contributed by atoms with E-state index in [1.807, 2.05) is 75.4 Å². The Hall–Kier alpha value is -3.41. The largest absolute Gasteiger partial charge is 0.489 e. The minimum atomic E-state index is -0.356. The van der Waals surface area contributed by atoms with E-state index < -0.39 is 0 Å². The van der Waals surface area contributed by atoms with Gasteiger partial charge in [0, 0.05) is 11.1 Å². The Morgan fingerprint density at radius 1 is 1.14 bits per heavy atom. The number of ether oxygens (including phenoxy) is 1. The molecule has 0 saturated heterocycles. The fraction of sp³-hybridized carbons (Fsp3) is 0.227. The first-order chi connectivity index (χ1) is 13.4. The number of hydrogen-bond acceptors (Lipinski definition) is 4. The first kappa shape index (κ1) is 19.4. The van der Waals surface area contributed by atoms with Gasteiger partial charge >= 0.3 is 0 Å². The Morgan fingerprint density at radius 3 is 2.50 bits per heavy atom. The number of nitrogens with one attached hydrogen (secondary N) is 2. The first-order valence-electron chi connectivity index (χ1n) is 9.08. The number of hydrazone groups is 1. The van der Waals surface area contributed by atoms with Gasteiger partial charge in [0.1, 0.15) is 12.4 Å². The standard InChI is InChI=1S/C22H24N4O2/c1-22(2,3)20-13-19(24-25-20)21(27)26-23-14-16-9-11-18(12-10-16)28-15-17-7-5-4-6-8-17/h4-14H,15H2,1-3H3,(H,24,25)(H,26,27). The molecular formula is C22H24N4O2. The smallest absolute Gasteiger partial charge is 0.291 e. The van der Waals surface area contributed by atoms with E-state index in [0.717, 1.165) is 22.6 Å². The van der Waals surface area contributed by atoms with Gasteiger partial charge in [-0.05, 0) is 41.5 Å². The van der Waals surface area contributed by atoms with Crippen molar-refractivity contribution >= 4 is 12.1 Å². The molecule has 0 aliphatic heterocycles. The molecule has 0 fully saturated rings. The first-order valence-corrected chi connectivity index (χ1v) is 9.08. The summed E-state index contributed by atoms with van der Waals surface area (Å²) in [6.45, 7) is 6.67. The lowest BCUT2D eigenvalue weighted by Crippen LogP contribution is -2.18. The van der Waals surface area contributed by atoms with Gasteiger partial charge in [0.25, 0.3) is 5.91 Å². The van der Waals surface area contributed by atoms with Crippen molar-refractivity contribution in [1.29, 1.82) is 0 Å². The van der Waals surface area contributed by atoms with Crippen LogP contribution in [-0.4, -0.2) is 22.3 Å². The maximum Gasteiger partial charge on any atom is 0.291 e. The fourth-order valence-electron chi connectivity index (χ4n) is 2.44. The Morgan fingerprint density at radius 2 is 1.86 bits per heavy atom. The molecule has 0 aliphatic carbocycles. The van der Waals surface area contributed by atoms with E-state index >= 15 is 0 Å². The summed E-state index contributed by atoms with van der Waals surface area (Å²) in [7, 11) is 0. The zero-order chi connectivity index (χ0) is 20.0. The summed E-state index contributed by atoms with van der Waals surface area (Å²) < 4.78 is 5.75. The highest BCUT2D eigenvalue weighted by atomic mass is 16.5. The van der Waals surface area contributed by atoms with Gasteiger partial charge in [0.2, 0.25) is 0 Å². The van der Waals surface area contributed by atoms with E-state index in [9.17, 15) is 4.79 Å². The predicted molar refractivity (Wildman–Crippen MR) is 110 cm³/mol. The van der Waals surface area contributed by atoms with Gasteiger partial charge in [-0.15, -0.1) is 0 Å². The molecular weight excluding hydrogens is 352 g/mol. The number of H-pyrrole nitrogens is 1. The van der Waals surface area contributed by atoms with Crippen molar-refractivity contribution in [3.63, 3.8) is 0 Å². The molecule has 144 valence electrons. The van der Waals surface area contributed by atoms with E-state index in [1.54, 1.807) is 12.3 Å². The predicted octanol–water partition coefficient (Wildman–Crippen LogP) is 4.05. The van der Waals surface area contributed by atoms with E-state index in [1.165, 1.54) is 0 Å². The van der Waals surface area contributed by atoms with Crippen LogP contribution in [0.4, 0.5) is 0 Å². The van der Waals surface area contributed by atoms with Crippen molar-refractivity contribution in [1.82, 2.24) is 15.6 Å². The number of carbonyl (C=O) groups excluding carboxylic acids is 1. The molecule has 0 aliphatic rings. The van der Waals surface area contributed by atoms with E-state index in [4.69, 9.17) is 4.74 Å². The summed E-state index contributed by atoms with van der Waals surface area (Å²) in [6, 6.07) is 19.2. The van der Waals surface area contributed by atoms with Gasteiger partial charge in [-0.25, -0.2) is 5.43 Å². The molecule has 1 heterocycles. The quantitative estimate of drug-likeness (QED) is 0.503. The van der Waals surface area contributed by atoms with Gasteiger partial charge in [-0.3, -0.25) is 9.89 Å². The molecule has 2 aromatic carbocycles. The van der Waals surface area contributed by atoms with Crippen LogP contribution in [0.2, 0.25) is 0 Å². The molecule has 0 atom stereocenters. The Bertz CT molecular complexity index is 939. The molecule has 0 spiro atoms. The highest BCUT2D eigenvalue weighted by Crippen LogP contribution is 2.20. The zero-order valence-corrected chi connectivity index (χ0v) is 16.3. The molecule has 1 amide bonds. The average Bonchev–Trinajstić information content (AvgIpc) is 3.19. The maximum absolute atomic E-state index is 12.1. The van der Waals surface area contributed by atoms with Crippen molar-refractivity contribution < 1.29 is 9.53 Å². The third-order valence-electron chi connectivity index (χ3n) is 4.13. The lowest BCUT2D eigenvalue weighted by Gasteiger charge is -2.14. The zero-order valence-electron chi connectivity index (χ0n) is 16.3. The number of aromatic nitrogens is 2. The second-order valence-corrected chi connectivity index (χ2v) is 7.46. The summed E-state index contributed by atoms with van der Waals surface area (Å²) >= 11 is 0. The molecule has 2 N–H and O–H groups in total. The van der Waals surface area contributed by atoms with Crippen LogP contribution in [0, 0.1) is 0 Å². The van der Waals surface area contributed by atoms with Crippen molar-refractivity contribution in [3.8, 4) is 5.75 Å². The van der Waals surface area contributed by atoms with Crippen LogP contribution in [-0.2, 0) is 12.0 Å². The van der Waals surface area contributed by atoms with Crippen LogP contribution in [0.5, 0.6) is 5.75 Å². The molecule has 3 aromatic rings. The van der Waals surface area contributed by atoms with Crippen LogP contribution in [0.15, 0.2) is 65.8 Å². The minimum Gasteiger partial charge on any atom is -0.489 e. The summed E-state index contributed by atoms with van der Waals surface area (Å²) in [4.78, 5) is 12.1. The molecule has 0 bridgehead atoms. The normalized spacial score (nSPS) is 11.5. The topological polar surface area (TPSA) is 79.4 Å². The van der Waals surface area contributed by atoms with Crippen LogP contribution in [0.3, 0.4) is 0 Å². The fourth-order valence-corrected chi connectivity index (χ4v) is 2.44. The highest BCUT2D eigenvalue weighted by molar-refractivity contribution is 5.93. The number of benzene rings is 2. The van der Waals surface area contributed by atoms with E-state index in [2.05, 4.69) is 20.7 Å². The molecule has 28 heavy (non-hydrogen) atoms. The number of nitrogens with zero attached hydrogens (tertiary/aromatic N) is 2. The lowest BCUT2D eigenvalue weighted by atomic mass is 9.92. The summed E-state index contributed by atoms with van der Waals surface area (Å²) in [5.41, 5.74) is 5.57. The third-order valence-corrected chi connectivity index (χ3v) is 4.13. The van der Waals surface area contributed by atoms with Crippen LogP contribution < -0.4 is 10.2 Å². The second kappa shape index (κ2) is 8.52. The van der Waals surface area contributed by atoms with E-state index in [-0.39, 0.29) is 11.3 Å². The number of rotatable bonds is 6. The molecule has 0 radical (unpaired) electrons. The highest BCUT2D eigenvalue weighted by Gasteiger charge is 2.19. The van der Waals surface area contributed by atoms with E-state index in [0.29, 0.717) is 12.3 Å². The van der Waals surface area contributed by atoms with Gasteiger partial charge in [-0.1, -0.05) is 51.1 Å². The van der Waals surface area contributed by atoms with Crippen LogP contribution in [0.1, 0.15) is 48.1 Å². The Kier molecular flexibility index (Phi) is 5.89. The average molecular weight is 376 g/mol. The van der Waals surface area contributed by atoms with Gasteiger partial charge < -0.3 is 4.74 Å². The second-order valence-electron chi connectivity index (χ2n) is 7.46.